The predicted molar refractivity (Wildman–Crippen MR) is 163 cm³/mol. The van der Waals surface area contributed by atoms with Gasteiger partial charge < -0.3 is 9.47 Å². The second-order valence-electron chi connectivity index (χ2n) is 10.9. The maximum atomic E-state index is 13.9. The van der Waals surface area contributed by atoms with Crippen LogP contribution in [-0.2, 0) is 6.42 Å². The van der Waals surface area contributed by atoms with Gasteiger partial charge in [0.15, 0.2) is 11.4 Å². The Bertz CT molecular complexity index is 2030. The normalized spacial score (nSPS) is 13.9. The zero-order valence-corrected chi connectivity index (χ0v) is 24.9. The molecule has 1 amide bonds. The molecule has 1 aromatic carbocycles. The summed E-state index contributed by atoms with van der Waals surface area (Å²) in [5.74, 6) is -0.644. The van der Waals surface area contributed by atoms with Crippen molar-refractivity contribution in [2.75, 3.05) is 13.1 Å². The van der Waals surface area contributed by atoms with Crippen molar-refractivity contribution in [2.45, 2.75) is 32.2 Å². The molecule has 0 radical (unpaired) electrons. The van der Waals surface area contributed by atoms with Crippen LogP contribution in [0.15, 0.2) is 72.4 Å². The Morgan fingerprint density at radius 2 is 1.80 bits per heavy atom. The topological polar surface area (TPSA) is 111 Å². The zero-order chi connectivity index (χ0) is 31.1. The third kappa shape index (κ3) is 5.62. The molecule has 13 heteroatoms. The van der Waals surface area contributed by atoms with Gasteiger partial charge in [0, 0.05) is 47.9 Å². The molecule has 0 saturated carbocycles. The molecule has 0 unspecified atom stereocenters. The summed E-state index contributed by atoms with van der Waals surface area (Å²) in [4.78, 5) is 40.5. The average Bonchev–Trinajstić information content (AvgIpc) is 3.80. The van der Waals surface area contributed by atoms with Gasteiger partial charge in [0.1, 0.15) is 23.0 Å². The van der Waals surface area contributed by atoms with E-state index in [1.54, 1.807) is 34.3 Å². The number of imidazole rings is 2. The SMILES string of the molecule is Cc1nc(-c2ccc(F)cc2)c(-c2ccc3nc(CC(=O)c4ccnc(F)c4)cn3n2)n1C1CCN(C(=O)c2ccsn2)CC1. The molecular formula is C32H26F2N8O2S. The standard InChI is InChI=1S/C32H26F2N8O2S/c1-19-36-30(20-2-4-22(33)5-3-20)31(42(19)24-9-13-40(14-10-24)32(44)26-11-15-45-39-26)25-6-7-29-37-23(18-41(29)38-25)17-27(43)21-8-12-35-28(34)16-21/h2-8,11-12,15-16,18,24H,9-10,13-14,17H2,1H3. The first kappa shape index (κ1) is 28.6. The minimum absolute atomic E-state index is 0.0296. The average molecular weight is 625 g/mol. The predicted octanol–water partition coefficient (Wildman–Crippen LogP) is 5.60. The number of pyridine rings is 1. The molecule has 226 valence electrons. The van der Waals surface area contributed by atoms with E-state index in [1.165, 1.54) is 35.9 Å². The number of hydrogen-bond donors (Lipinski definition) is 0. The van der Waals surface area contributed by atoms with E-state index in [4.69, 9.17) is 10.1 Å². The highest BCUT2D eigenvalue weighted by atomic mass is 32.1. The van der Waals surface area contributed by atoms with Crippen LogP contribution >= 0.6 is 11.5 Å². The number of ketones is 1. The van der Waals surface area contributed by atoms with Crippen LogP contribution in [0.2, 0.25) is 0 Å². The monoisotopic (exact) mass is 624 g/mol. The third-order valence-electron chi connectivity index (χ3n) is 7.98. The van der Waals surface area contributed by atoms with Crippen molar-refractivity contribution >= 4 is 28.9 Å². The number of hydrogen-bond acceptors (Lipinski definition) is 8. The molecule has 45 heavy (non-hydrogen) atoms. The van der Waals surface area contributed by atoms with Crippen molar-refractivity contribution in [1.29, 1.82) is 0 Å². The van der Waals surface area contributed by atoms with Gasteiger partial charge in [0.25, 0.3) is 5.91 Å². The minimum atomic E-state index is -0.720. The maximum Gasteiger partial charge on any atom is 0.273 e. The van der Waals surface area contributed by atoms with Crippen molar-refractivity contribution in [3.8, 4) is 22.6 Å². The van der Waals surface area contributed by atoms with E-state index in [2.05, 4.69) is 18.9 Å². The van der Waals surface area contributed by atoms with Crippen LogP contribution in [-0.4, -0.2) is 63.2 Å². The van der Waals surface area contributed by atoms with E-state index in [0.717, 1.165) is 23.1 Å². The number of halogens is 2. The fourth-order valence-electron chi connectivity index (χ4n) is 5.84. The smallest absolute Gasteiger partial charge is 0.273 e. The summed E-state index contributed by atoms with van der Waals surface area (Å²) in [6.07, 6.45) is 4.32. The molecule has 1 aliphatic rings. The molecule has 6 heterocycles. The number of benzene rings is 1. The molecule has 0 atom stereocenters. The van der Waals surface area contributed by atoms with Crippen molar-refractivity contribution in [2.24, 2.45) is 0 Å². The number of piperidine rings is 1. The minimum Gasteiger partial charge on any atom is -0.337 e. The van der Waals surface area contributed by atoms with Crippen LogP contribution in [0.25, 0.3) is 28.3 Å². The van der Waals surface area contributed by atoms with E-state index in [0.29, 0.717) is 54.4 Å². The van der Waals surface area contributed by atoms with Gasteiger partial charge >= 0.3 is 0 Å². The van der Waals surface area contributed by atoms with Crippen LogP contribution in [0.1, 0.15) is 51.2 Å². The van der Waals surface area contributed by atoms with Gasteiger partial charge in [0.2, 0.25) is 5.95 Å². The Morgan fingerprint density at radius 1 is 1.00 bits per heavy atom. The summed E-state index contributed by atoms with van der Waals surface area (Å²) in [7, 11) is 0. The van der Waals surface area contributed by atoms with Crippen LogP contribution in [0, 0.1) is 18.7 Å². The number of rotatable bonds is 7. The number of carbonyl (C=O) groups excluding carboxylic acids is 2. The molecule has 1 aliphatic heterocycles. The quantitative estimate of drug-likeness (QED) is 0.168. The van der Waals surface area contributed by atoms with Gasteiger partial charge in [-0.25, -0.2) is 23.9 Å². The van der Waals surface area contributed by atoms with Gasteiger partial charge in [-0.1, -0.05) is 0 Å². The first-order chi connectivity index (χ1) is 21.8. The van der Waals surface area contributed by atoms with Gasteiger partial charge in [0.05, 0.1) is 29.7 Å². The lowest BCUT2D eigenvalue weighted by molar-refractivity contribution is 0.0689. The fraction of sp³-hybridized carbons (Fsp3) is 0.219. The molecule has 1 fully saturated rings. The number of aromatic nitrogens is 7. The third-order valence-corrected chi connectivity index (χ3v) is 8.54. The Kier molecular flexibility index (Phi) is 7.45. The number of nitrogens with zero attached hydrogens (tertiary/aromatic N) is 8. The van der Waals surface area contributed by atoms with E-state index in [-0.39, 0.29) is 35.5 Å². The van der Waals surface area contributed by atoms with E-state index in [9.17, 15) is 18.4 Å². The molecule has 0 spiro atoms. The maximum absolute atomic E-state index is 13.9. The Morgan fingerprint density at radius 3 is 2.53 bits per heavy atom. The number of Topliss-reactive ketones (excluding diaryl/α,β-unsaturated/α-hetero) is 1. The Labute approximate surface area is 260 Å². The first-order valence-corrected chi connectivity index (χ1v) is 15.2. The van der Waals surface area contributed by atoms with Crippen LogP contribution in [0.3, 0.4) is 0 Å². The lowest BCUT2D eigenvalue weighted by atomic mass is 10.0. The van der Waals surface area contributed by atoms with Gasteiger partial charge in [-0.15, -0.1) is 0 Å². The van der Waals surface area contributed by atoms with Gasteiger partial charge in [-0.2, -0.15) is 13.9 Å². The highest BCUT2D eigenvalue weighted by molar-refractivity contribution is 7.03. The Balaban J connectivity index is 1.23. The summed E-state index contributed by atoms with van der Waals surface area (Å²) in [5, 5.41) is 6.67. The summed E-state index contributed by atoms with van der Waals surface area (Å²) < 4.78 is 35.4. The molecule has 1 saturated heterocycles. The van der Waals surface area contributed by atoms with Gasteiger partial charge in [-0.05, 0) is 79.8 Å². The van der Waals surface area contributed by atoms with E-state index < -0.39 is 5.95 Å². The molecule has 6 aromatic rings. The van der Waals surface area contributed by atoms with Crippen molar-refractivity contribution in [3.63, 3.8) is 0 Å². The van der Waals surface area contributed by atoms with E-state index in [1.807, 2.05) is 24.0 Å². The van der Waals surface area contributed by atoms with E-state index >= 15 is 0 Å². The van der Waals surface area contributed by atoms with Crippen LogP contribution < -0.4 is 0 Å². The molecule has 0 aliphatic carbocycles. The molecular weight excluding hydrogens is 598 g/mol. The van der Waals surface area contributed by atoms with Gasteiger partial charge in [-0.3, -0.25) is 9.59 Å². The molecule has 0 N–H and O–H groups in total. The summed E-state index contributed by atoms with van der Waals surface area (Å²) in [6.45, 7) is 3.07. The number of fused-ring (bicyclic) bond motifs is 1. The highest BCUT2D eigenvalue weighted by Gasteiger charge is 2.30. The Hall–Kier alpha value is -5.17. The first-order valence-electron chi connectivity index (χ1n) is 14.4. The molecule has 7 rings (SSSR count). The summed E-state index contributed by atoms with van der Waals surface area (Å²) >= 11 is 1.26. The zero-order valence-electron chi connectivity index (χ0n) is 24.1. The van der Waals surface area contributed by atoms with Crippen molar-refractivity contribution in [1.82, 2.24) is 38.4 Å². The largest absolute Gasteiger partial charge is 0.337 e. The summed E-state index contributed by atoms with van der Waals surface area (Å²) in [6, 6.07) is 14.2. The second-order valence-corrected chi connectivity index (χ2v) is 11.5. The highest BCUT2D eigenvalue weighted by Crippen LogP contribution is 2.37. The van der Waals surface area contributed by atoms with Crippen LogP contribution in [0.5, 0.6) is 0 Å². The number of carbonyl (C=O) groups is 2. The number of amides is 1. The lowest BCUT2D eigenvalue weighted by Gasteiger charge is -2.33. The number of aryl methyl sites for hydroxylation is 1. The molecule has 5 aromatic heterocycles. The fourth-order valence-corrected chi connectivity index (χ4v) is 6.35. The molecule has 0 bridgehead atoms. The van der Waals surface area contributed by atoms with Crippen molar-refractivity contribution in [3.05, 3.63) is 107 Å². The van der Waals surface area contributed by atoms with Crippen LogP contribution in [0.4, 0.5) is 8.78 Å². The van der Waals surface area contributed by atoms with Crippen molar-refractivity contribution < 1.29 is 18.4 Å². The number of likely N-dealkylation sites (tertiary alicyclic amines) is 1. The second kappa shape index (κ2) is 11.7. The lowest BCUT2D eigenvalue weighted by Crippen LogP contribution is -2.39. The molecule has 10 nitrogen and oxygen atoms in total. The summed E-state index contributed by atoms with van der Waals surface area (Å²) in [5.41, 5.74) is 4.51.